The normalized spacial score (nSPS) is 11.4. The highest BCUT2D eigenvalue weighted by Gasteiger charge is 2.31. The van der Waals surface area contributed by atoms with Crippen molar-refractivity contribution >= 4 is 38.4 Å². The number of rotatable bonds is 3. The summed E-state index contributed by atoms with van der Waals surface area (Å²) in [6, 6.07) is 11.0. The standard InChI is InChI=1S/C17H10BrF3N2O3/c18-9-4-5-12-13(8-15(24)23-14(12)6-9)16(25)22-10-2-1-3-11(7-10)26-17(19,20)21/h1-8H,(H,22,25)(H,23,24). The van der Waals surface area contributed by atoms with Gasteiger partial charge in [-0.25, -0.2) is 0 Å². The predicted octanol–water partition coefficient (Wildman–Crippen LogP) is 4.44. The van der Waals surface area contributed by atoms with Crippen molar-refractivity contribution in [2.45, 2.75) is 6.36 Å². The van der Waals surface area contributed by atoms with Crippen molar-refractivity contribution in [3.63, 3.8) is 0 Å². The third kappa shape index (κ3) is 4.23. The number of carbonyl (C=O) groups is 1. The summed E-state index contributed by atoms with van der Waals surface area (Å²) < 4.78 is 41.4. The largest absolute Gasteiger partial charge is 0.573 e. The summed E-state index contributed by atoms with van der Waals surface area (Å²) in [6.45, 7) is 0. The number of carbonyl (C=O) groups excluding carboxylic acids is 1. The zero-order valence-corrected chi connectivity index (χ0v) is 14.4. The summed E-state index contributed by atoms with van der Waals surface area (Å²) in [6.07, 6.45) is -4.83. The van der Waals surface area contributed by atoms with Gasteiger partial charge in [0.1, 0.15) is 5.75 Å². The fraction of sp³-hybridized carbons (Fsp3) is 0.0588. The maximum absolute atomic E-state index is 12.5. The van der Waals surface area contributed by atoms with E-state index in [4.69, 9.17) is 0 Å². The smallest absolute Gasteiger partial charge is 0.406 e. The highest BCUT2D eigenvalue weighted by atomic mass is 79.9. The molecule has 0 fully saturated rings. The summed E-state index contributed by atoms with van der Waals surface area (Å²) in [7, 11) is 0. The van der Waals surface area contributed by atoms with Gasteiger partial charge in [0.15, 0.2) is 0 Å². The van der Waals surface area contributed by atoms with Gasteiger partial charge < -0.3 is 15.0 Å². The van der Waals surface area contributed by atoms with Gasteiger partial charge in [-0.1, -0.05) is 28.1 Å². The number of amides is 1. The van der Waals surface area contributed by atoms with Crippen molar-refractivity contribution in [3.05, 3.63) is 68.9 Å². The topological polar surface area (TPSA) is 71.2 Å². The first-order valence-corrected chi connectivity index (χ1v) is 8.00. The van der Waals surface area contributed by atoms with E-state index in [0.29, 0.717) is 10.9 Å². The van der Waals surface area contributed by atoms with Crippen LogP contribution in [0, 0.1) is 0 Å². The molecule has 1 heterocycles. The minimum absolute atomic E-state index is 0.0957. The minimum Gasteiger partial charge on any atom is -0.406 e. The van der Waals surface area contributed by atoms with Crippen LogP contribution in [0.5, 0.6) is 5.75 Å². The molecule has 5 nitrogen and oxygen atoms in total. The van der Waals surface area contributed by atoms with Crippen LogP contribution in [0.1, 0.15) is 10.4 Å². The van der Waals surface area contributed by atoms with Crippen LogP contribution in [0.15, 0.2) is 57.8 Å². The number of H-pyrrole nitrogens is 1. The average molecular weight is 427 g/mol. The van der Waals surface area contributed by atoms with Crippen molar-refractivity contribution in [3.8, 4) is 5.75 Å². The molecule has 0 bridgehead atoms. The van der Waals surface area contributed by atoms with Gasteiger partial charge in [-0.05, 0) is 24.3 Å². The van der Waals surface area contributed by atoms with E-state index in [2.05, 4.69) is 31.0 Å². The molecule has 3 rings (SSSR count). The van der Waals surface area contributed by atoms with Gasteiger partial charge in [0, 0.05) is 27.7 Å². The molecule has 0 aliphatic heterocycles. The number of benzene rings is 2. The molecule has 0 atom stereocenters. The van der Waals surface area contributed by atoms with Crippen molar-refractivity contribution in [1.82, 2.24) is 4.98 Å². The van der Waals surface area contributed by atoms with Crippen molar-refractivity contribution in [2.24, 2.45) is 0 Å². The summed E-state index contributed by atoms with van der Waals surface area (Å²) >= 11 is 3.28. The lowest BCUT2D eigenvalue weighted by Gasteiger charge is -2.11. The monoisotopic (exact) mass is 426 g/mol. The molecule has 2 N–H and O–H groups in total. The Morgan fingerprint density at radius 2 is 1.88 bits per heavy atom. The van der Waals surface area contributed by atoms with E-state index in [-0.39, 0.29) is 11.3 Å². The Kier molecular flexibility index (Phi) is 4.73. The molecule has 0 unspecified atom stereocenters. The summed E-state index contributed by atoms with van der Waals surface area (Å²) in [4.78, 5) is 26.9. The van der Waals surface area contributed by atoms with Crippen LogP contribution in [0.25, 0.3) is 10.9 Å². The molecule has 1 amide bonds. The van der Waals surface area contributed by atoms with E-state index in [1.165, 1.54) is 12.1 Å². The number of hydrogen-bond donors (Lipinski definition) is 2. The van der Waals surface area contributed by atoms with E-state index in [1.54, 1.807) is 18.2 Å². The molecular weight excluding hydrogens is 417 g/mol. The molecule has 0 spiro atoms. The fourth-order valence-electron chi connectivity index (χ4n) is 2.39. The number of fused-ring (bicyclic) bond motifs is 1. The van der Waals surface area contributed by atoms with Crippen molar-refractivity contribution in [1.29, 1.82) is 0 Å². The Balaban J connectivity index is 1.93. The van der Waals surface area contributed by atoms with Gasteiger partial charge in [0.05, 0.1) is 11.1 Å². The van der Waals surface area contributed by atoms with Crippen LogP contribution in [0.4, 0.5) is 18.9 Å². The van der Waals surface area contributed by atoms with E-state index in [1.807, 2.05) is 0 Å². The molecule has 0 saturated carbocycles. The van der Waals surface area contributed by atoms with Crippen LogP contribution in [0.3, 0.4) is 0 Å². The van der Waals surface area contributed by atoms with Crippen molar-refractivity contribution in [2.75, 3.05) is 5.32 Å². The fourth-order valence-corrected chi connectivity index (χ4v) is 2.75. The SMILES string of the molecule is O=C(Nc1cccc(OC(F)(F)F)c1)c1cc(=O)[nH]c2cc(Br)ccc12. The lowest BCUT2D eigenvalue weighted by Crippen LogP contribution is -2.18. The number of hydrogen-bond acceptors (Lipinski definition) is 3. The van der Waals surface area contributed by atoms with Gasteiger partial charge >= 0.3 is 6.36 Å². The van der Waals surface area contributed by atoms with Crippen LogP contribution in [0.2, 0.25) is 0 Å². The lowest BCUT2D eigenvalue weighted by molar-refractivity contribution is -0.274. The second-order valence-electron chi connectivity index (χ2n) is 5.27. The zero-order valence-electron chi connectivity index (χ0n) is 12.9. The number of ether oxygens (including phenoxy) is 1. The second kappa shape index (κ2) is 6.83. The Morgan fingerprint density at radius 3 is 2.62 bits per heavy atom. The molecular formula is C17H10BrF3N2O3. The molecule has 3 aromatic rings. The predicted molar refractivity (Wildman–Crippen MR) is 93.3 cm³/mol. The van der Waals surface area contributed by atoms with Gasteiger partial charge in [-0.2, -0.15) is 0 Å². The van der Waals surface area contributed by atoms with Crippen LogP contribution >= 0.6 is 15.9 Å². The van der Waals surface area contributed by atoms with Crippen LogP contribution in [-0.2, 0) is 0 Å². The quantitative estimate of drug-likeness (QED) is 0.650. The van der Waals surface area contributed by atoms with E-state index in [9.17, 15) is 22.8 Å². The molecule has 2 aromatic carbocycles. The number of halogens is 4. The lowest BCUT2D eigenvalue weighted by atomic mass is 10.1. The Labute approximate surface area is 152 Å². The van der Waals surface area contributed by atoms with Gasteiger partial charge in [-0.3, -0.25) is 9.59 Å². The molecule has 26 heavy (non-hydrogen) atoms. The molecule has 9 heteroatoms. The van der Waals surface area contributed by atoms with Gasteiger partial charge in [0.2, 0.25) is 5.56 Å². The molecule has 0 radical (unpaired) electrons. The number of anilines is 1. The Bertz CT molecular complexity index is 1050. The number of nitrogens with one attached hydrogen (secondary N) is 2. The third-order valence-corrected chi connectivity index (χ3v) is 3.87. The summed E-state index contributed by atoms with van der Waals surface area (Å²) in [5.74, 6) is -1.09. The maximum atomic E-state index is 12.5. The van der Waals surface area contributed by atoms with Gasteiger partial charge in [0.25, 0.3) is 5.91 Å². The van der Waals surface area contributed by atoms with E-state index >= 15 is 0 Å². The number of pyridine rings is 1. The molecule has 1 aromatic heterocycles. The summed E-state index contributed by atoms with van der Waals surface area (Å²) in [5, 5.41) is 2.96. The van der Waals surface area contributed by atoms with Crippen LogP contribution in [-0.4, -0.2) is 17.3 Å². The first-order valence-electron chi connectivity index (χ1n) is 7.21. The maximum Gasteiger partial charge on any atom is 0.573 e. The molecule has 0 saturated heterocycles. The highest BCUT2D eigenvalue weighted by molar-refractivity contribution is 9.10. The Morgan fingerprint density at radius 1 is 1.12 bits per heavy atom. The highest BCUT2D eigenvalue weighted by Crippen LogP contribution is 2.26. The summed E-state index contributed by atoms with van der Waals surface area (Å²) in [5.41, 5.74) is 0.168. The van der Waals surface area contributed by atoms with E-state index in [0.717, 1.165) is 22.7 Å². The van der Waals surface area contributed by atoms with Crippen LogP contribution < -0.4 is 15.6 Å². The third-order valence-electron chi connectivity index (χ3n) is 3.38. The first kappa shape index (κ1) is 18.0. The first-order chi connectivity index (χ1) is 12.2. The van der Waals surface area contributed by atoms with Crippen molar-refractivity contribution < 1.29 is 22.7 Å². The molecule has 0 aliphatic carbocycles. The Hall–Kier alpha value is -2.81. The molecule has 134 valence electrons. The zero-order chi connectivity index (χ0) is 18.9. The van der Waals surface area contributed by atoms with Gasteiger partial charge in [-0.15, -0.1) is 13.2 Å². The number of aromatic nitrogens is 1. The van der Waals surface area contributed by atoms with E-state index < -0.39 is 23.6 Å². The second-order valence-corrected chi connectivity index (χ2v) is 6.18. The number of alkyl halides is 3. The number of aromatic amines is 1. The molecule has 0 aliphatic rings. The average Bonchev–Trinajstić information content (AvgIpc) is 2.52. The minimum atomic E-state index is -4.83.